The topological polar surface area (TPSA) is 69.0 Å². The highest BCUT2D eigenvalue weighted by Gasteiger charge is 2.17. The number of hydrogen-bond acceptors (Lipinski definition) is 5. The average Bonchev–Trinajstić information content (AvgIpc) is 3.33. The lowest BCUT2D eigenvalue weighted by Gasteiger charge is -2.11. The van der Waals surface area contributed by atoms with Gasteiger partial charge in [-0.2, -0.15) is 0 Å². The van der Waals surface area contributed by atoms with E-state index in [1.807, 2.05) is 6.07 Å². The summed E-state index contributed by atoms with van der Waals surface area (Å²) in [4.78, 5) is 12.0. The van der Waals surface area contributed by atoms with Crippen molar-refractivity contribution in [2.45, 2.75) is 50.4 Å². The van der Waals surface area contributed by atoms with Gasteiger partial charge in [0.25, 0.3) is 0 Å². The number of carbonyl (C=O) groups excluding carboxylic acids is 1. The molecule has 3 rings (SSSR count). The first-order valence-electron chi connectivity index (χ1n) is 9.23. The van der Waals surface area contributed by atoms with Gasteiger partial charge in [-0.15, -0.1) is 10.2 Å². The van der Waals surface area contributed by atoms with E-state index in [2.05, 4.69) is 51.3 Å². The summed E-state index contributed by atoms with van der Waals surface area (Å²) >= 11 is 1.44. The van der Waals surface area contributed by atoms with Crippen LogP contribution in [0.2, 0.25) is 0 Å². The number of rotatable bonds is 9. The fourth-order valence-corrected chi connectivity index (χ4v) is 3.89. The number of ether oxygens (including phenoxy) is 1. The first kappa shape index (κ1) is 18.9. The molecule has 0 saturated carbocycles. The van der Waals surface area contributed by atoms with Crippen LogP contribution < -0.4 is 5.32 Å². The molecule has 1 atom stereocenters. The standard InChI is InChI=1S/C19H26N4O2S/c1-2-23-17(11-10-15-7-4-3-5-8-15)21-22-19(23)26-14-18(24)20-13-16-9-6-12-25-16/h3-5,7-8,16H,2,6,9-14H2,1H3,(H,20,24)/t16-/m1/s1. The lowest BCUT2D eigenvalue weighted by Crippen LogP contribution is -2.32. The Morgan fingerprint density at radius 1 is 1.31 bits per heavy atom. The first-order chi connectivity index (χ1) is 12.8. The number of amides is 1. The second-order valence-corrected chi connectivity index (χ2v) is 7.30. The summed E-state index contributed by atoms with van der Waals surface area (Å²) in [5.41, 5.74) is 1.29. The molecule has 26 heavy (non-hydrogen) atoms. The van der Waals surface area contributed by atoms with Gasteiger partial charge in [-0.25, -0.2) is 0 Å². The normalized spacial score (nSPS) is 16.7. The van der Waals surface area contributed by atoms with E-state index in [-0.39, 0.29) is 12.0 Å². The number of benzene rings is 1. The maximum atomic E-state index is 12.0. The molecule has 7 heteroatoms. The van der Waals surface area contributed by atoms with Crippen LogP contribution in [0.4, 0.5) is 0 Å². The molecule has 0 unspecified atom stereocenters. The van der Waals surface area contributed by atoms with E-state index < -0.39 is 0 Å². The quantitative estimate of drug-likeness (QED) is 0.683. The Bertz CT molecular complexity index is 699. The Balaban J connectivity index is 1.48. The molecular weight excluding hydrogens is 348 g/mol. The Hall–Kier alpha value is -1.86. The third kappa shape index (κ3) is 5.32. The van der Waals surface area contributed by atoms with Crippen molar-refractivity contribution in [3.8, 4) is 0 Å². The molecule has 0 radical (unpaired) electrons. The smallest absolute Gasteiger partial charge is 0.230 e. The van der Waals surface area contributed by atoms with Gasteiger partial charge in [0.1, 0.15) is 5.82 Å². The number of aryl methyl sites for hydroxylation is 2. The molecule has 0 spiro atoms. The molecule has 1 aliphatic heterocycles. The van der Waals surface area contributed by atoms with Gasteiger partial charge >= 0.3 is 0 Å². The van der Waals surface area contributed by atoms with Crippen LogP contribution in [0.3, 0.4) is 0 Å². The van der Waals surface area contributed by atoms with Crippen molar-refractivity contribution in [2.75, 3.05) is 18.9 Å². The predicted molar refractivity (Wildman–Crippen MR) is 102 cm³/mol. The molecule has 1 aliphatic rings. The molecule has 140 valence electrons. The summed E-state index contributed by atoms with van der Waals surface area (Å²) in [6.45, 7) is 4.29. The molecule has 0 aliphatic carbocycles. The minimum atomic E-state index is 0.0157. The molecule has 2 heterocycles. The van der Waals surface area contributed by atoms with Crippen molar-refractivity contribution in [2.24, 2.45) is 0 Å². The van der Waals surface area contributed by atoms with Crippen molar-refractivity contribution in [3.63, 3.8) is 0 Å². The Labute approximate surface area is 158 Å². The molecule has 1 aromatic carbocycles. The van der Waals surface area contributed by atoms with Crippen LogP contribution in [0, 0.1) is 0 Å². The van der Waals surface area contributed by atoms with E-state index in [0.717, 1.165) is 49.8 Å². The predicted octanol–water partition coefficient (Wildman–Crippen LogP) is 2.47. The molecule has 1 aromatic heterocycles. The van der Waals surface area contributed by atoms with Gasteiger partial charge in [0, 0.05) is 26.1 Å². The molecule has 1 amide bonds. The van der Waals surface area contributed by atoms with Gasteiger partial charge in [0.05, 0.1) is 11.9 Å². The molecule has 0 bridgehead atoms. The molecule has 6 nitrogen and oxygen atoms in total. The zero-order chi connectivity index (χ0) is 18.2. The Morgan fingerprint density at radius 3 is 2.88 bits per heavy atom. The average molecular weight is 375 g/mol. The van der Waals surface area contributed by atoms with E-state index in [1.54, 1.807) is 0 Å². The highest BCUT2D eigenvalue weighted by atomic mass is 32.2. The number of nitrogens with zero attached hydrogens (tertiary/aromatic N) is 3. The molecule has 2 aromatic rings. The monoisotopic (exact) mass is 374 g/mol. The lowest BCUT2D eigenvalue weighted by molar-refractivity contribution is -0.119. The van der Waals surface area contributed by atoms with E-state index >= 15 is 0 Å². The number of thioether (sulfide) groups is 1. The van der Waals surface area contributed by atoms with Crippen molar-refractivity contribution in [1.82, 2.24) is 20.1 Å². The van der Waals surface area contributed by atoms with Crippen molar-refractivity contribution in [3.05, 3.63) is 41.7 Å². The minimum absolute atomic E-state index is 0.0157. The summed E-state index contributed by atoms with van der Waals surface area (Å²) in [5, 5.41) is 12.4. The summed E-state index contributed by atoms with van der Waals surface area (Å²) in [6.07, 6.45) is 4.07. The number of aromatic nitrogens is 3. The molecular formula is C19H26N4O2S. The minimum Gasteiger partial charge on any atom is -0.376 e. The van der Waals surface area contributed by atoms with E-state index in [0.29, 0.717) is 12.3 Å². The second-order valence-electron chi connectivity index (χ2n) is 6.36. The SMILES string of the molecule is CCn1c(CCc2ccccc2)nnc1SCC(=O)NC[C@H]1CCCO1. The second kappa shape index (κ2) is 9.73. The highest BCUT2D eigenvalue weighted by Crippen LogP contribution is 2.18. The molecule has 1 saturated heterocycles. The maximum absolute atomic E-state index is 12.0. The number of hydrogen-bond donors (Lipinski definition) is 1. The Morgan fingerprint density at radius 2 is 2.15 bits per heavy atom. The first-order valence-corrected chi connectivity index (χ1v) is 10.2. The largest absolute Gasteiger partial charge is 0.376 e. The highest BCUT2D eigenvalue weighted by molar-refractivity contribution is 7.99. The summed E-state index contributed by atoms with van der Waals surface area (Å²) in [6, 6.07) is 10.4. The van der Waals surface area contributed by atoms with Crippen LogP contribution in [-0.4, -0.2) is 45.7 Å². The van der Waals surface area contributed by atoms with Gasteiger partial charge in [-0.3, -0.25) is 4.79 Å². The van der Waals surface area contributed by atoms with Crippen molar-refractivity contribution >= 4 is 17.7 Å². The Kier molecular flexibility index (Phi) is 7.08. The van der Waals surface area contributed by atoms with Gasteiger partial charge < -0.3 is 14.6 Å². The van der Waals surface area contributed by atoms with Gasteiger partial charge in [0.15, 0.2) is 5.16 Å². The maximum Gasteiger partial charge on any atom is 0.230 e. The number of carbonyl (C=O) groups is 1. The van der Waals surface area contributed by atoms with Gasteiger partial charge in [-0.1, -0.05) is 42.1 Å². The van der Waals surface area contributed by atoms with Crippen LogP contribution in [0.15, 0.2) is 35.5 Å². The van der Waals surface area contributed by atoms with Crippen LogP contribution in [-0.2, 0) is 28.9 Å². The fraction of sp³-hybridized carbons (Fsp3) is 0.526. The molecule has 1 N–H and O–H groups in total. The lowest BCUT2D eigenvalue weighted by atomic mass is 10.1. The van der Waals surface area contributed by atoms with Crippen molar-refractivity contribution in [1.29, 1.82) is 0 Å². The zero-order valence-corrected chi connectivity index (χ0v) is 16.0. The third-order valence-corrected chi connectivity index (χ3v) is 5.44. The van der Waals surface area contributed by atoms with Crippen LogP contribution >= 0.6 is 11.8 Å². The molecule has 1 fully saturated rings. The van der Waals surface area contributed by atoms with E-state index in [9.17, 15) is 4.79 Å². The summed E-state index contributed by atoms with van der Waals surface area (Å²) < 4.78 is 7.62. The summed E-state index contributed by atoms with van der Waals surface area (Å²) in [5.74, 6) is 1.34. The van der Waals surface area contributed by atoms with E-state index in [1.165, 1.54) is 17.3 Å². The summed E-state index contributed by atoms with van der Waals surface area (Å²) in [7, 11) is 0. The van der Waals surface area contributed by atoms with Crippen molar-refractivity contribution < 1.29 is 9.53 Å². The zero-order valence-electron chi connectivity index (χ0n) is 15.2. The van der Waals surface area contributed by atoms with E-state index in [4.69, 9.17) is 4.74 Å². The van der Waals surface area contributed by atoms with Crippen LogP contribution in [0.5, 0.6) is 0 Å². The number of nitrogens with one attached hydrogen (secondary N) is 1. The fourth-order valence-electron chi connectivity index (χ4n) is 3.04. The van der Waals surface area contributed by atoms with Gasteiger partial charge in [0.2, 0.25) is 5.91 Å². The van der Waals surface area contributed by atoms with Crippen LogP contribution in [0.25, 0.3) is 0 Å². The van der Waals surface area contributed by atoms with Crippen LogP contribution in [0.1, 0.15) is 31.2 Å². The van der Waals surface area contributed by atoms with Gasteiger partial charge in [-0.05, 0) is 31.7 Å². The third-order valence-electron chi connectivity index (χ3n) is 4.47.